The Morgan fingerprint density at radius 3 is 0.493 bits per heavy atom. The molecule has 0 aliphatic carbocycles. The SMILES string of the molecule is CC(C)c1ccc(-c2ccc(-c3ccc(-c4ccccc4)cc3)cc2)cc1.CC(C)c1ccc(-c2ccc(-c3cccc(-c4ccccc4)c3)cc2)cc1.CC(C)c1ccc(-c2ccc(-c3cccc4ccccc34)cc2)cc1.CC(C)c1ccc(-c2cccc(-c3cccc4ccccc34)c2)cc1.CC(C)c1ccc(-c2cccc(-c3ccccc3)c2)cc1.CC(C)c1ccc(-c2ccccc2-c2ccccc2)cc1. The number of benzene rings is 22. The summed E-state index contributed by atoms with van der Waals surface area (Å²) < 4.78 is 0. The fourth-order valence-corrected chi connectivity index (χ4v) is 18.8. The maximum Gasteiger partial charge on any atom is -0.0105 e. The first-order valence-electron chi connectivity index (χ1n) is 52.0. The van der Waals surface area contributed by atoms with Crippen molar-refractivity contribution < 1.29 is 0 Å². The van der Waals surface area contributed by atoms with E-state index in [-0.39, 0.29) is 0 Å². The maximum absolute atomic E-state index is 2.30. The van der Waals surface area contributed by atoms with E-state index in [1.54, 1.807) is 0 Å². The van der Waals surface area contributed by atoms with Crippen LogP contribution in [0.15, 0.2) is 546 Å². The molecule has 716 valence electrons. The summed E-state index contributed by atoms with van der Waals surface area (Å²) in [6.07, 6.45) is 0. The monoisotopic (exact) mass is 1890 g/mol. The van der Waals surface area contributed by atoms with E-state index in [0.717, 1.165) is 0 Å². The minimum atomic E-state index is 0.566. The van der Waals surface area contributed by atoms with Crippen LogP contribution in [-0.2, 0) is 0 Å². The van der Waals surface area contributed by atoms with Gasteiger partial charge in [0, 0.05) is 0 Å². The summed E-state index contributed by atoms with van der Waals surface area (Å²) in [6.45, 7) is 26.8. The van der Waals surface area contributed by atoms with Crippen molar-refractivity contribution in [2.45, 2.75) is 119 Å². The van der Waals surface area contributed by atoms with Crippen molar-refractivity contribution in [2.75, 3.05) is 0 Å². The van der Waals surface area contributed by atoms with Gasteiger partial charge in [0.15, 0.2) is 0 Å². The van der Waals surface area contributed by atoms with Crippen LogP contribution in [0.1, 0.15) is 152 Å². The largest absolute Gasteiger partial charge is 0.0622 e. The average Bonchev–Trinajstić information content (AvgIpc) is 0.788. The third kappa shape index (κ3) is 26.2. The van der Waals surface area contributed by atoms with E-state index in [4.69, 9.17) is 0 Å². The fraction of sp³-hybridized carbons (Fsp3) is 0.123. The molecule has 0 amide bonds. The van der Waals surface area contributed by atoms with Crippen LogP contribution in [-0.4, -0.2) is 0 Å². The van der Waals surface area contributed by atoms with Gasteiger partial charge in [-0.05, 0) is 264 Å². The maximum atomic E-state index is 2.30. The Bertz CT molecular complexity index is 7840. The molecule has 0 unspecified atom stereocenters. The van der Waals surface area contributed by atoms with Gasteiger partial charge >= 0.3 is 0 Å². The lowest BCUT2D eigenvalue weighted by Gasteiger charge is -2.11. The smallest absolute Gasteiger partial charge is 0.0105 e. The second-order valence-corrected chi connectivity index (χ2v) is 39.8. The molecule has 0 aromatic heterocycles. The summed E-state index contributed by atoms with van der Waals surface area (Å²) in [6, 6.07) is 196. The van der Waals surface area contributed by atoms with Crippen LogP contribution in [0.5, 0.6) is 0 Å². The van der Waals surface area contributed by atoms with Crippen LogP contribution in [0.2, 0.25) is 0 Å². The zero-order valence-corrected chi connectivity index (χ0v) is 86.4. The average molecular weight is 1890 g/mol. The Morgan fingerprint density at radius 2 is 0.233 bits per heavy atom. The number of rotatable bonds is 20. The molecule has 0 atom stereocenters. The lowest BCUT2D eigenvalue weighted by molar-refractivity contribution is 0.867. The van der Waals surface area contributed by atoms with Crippen molar-refractivity contribution in [2.24, 2.45) is 0 Å². The number of hydrogen-bond acceptors (Lipinski definition) is 0. The number of fused-ring (bicyclic) bond motifs is 2. The molecular formula is C146H132. The Hall–Kier alpha value is -16.6. The topological polar surface area (TPSA) is 0 Å². The van der Waals surface area contributed by atoms with Crippen LogP contribution in [0.4, 0.5) is 0 Å². The molecule has 0 spiro atoms. The normalized spacial score (nSPS) is 11.0. The van der Waals surface area contributed by atoms with E-state index in [1.165, 1.54) is 211 Å². The van der Waals surface area contributed by atoms with Gasteiger partial charge in [0.25, 0.3) is 0 Å². The van der Waals surface area contributed by atoms with Gasteiger partial charge in [0.1, 0.15) is 0 Å². The Kier molecular flexibility index (Phi) is 34.1. The molecule has 0 bridgehead atoms. The summed E-state index contributed by atoms with van der Waals surface area (Å²) in [5.41, 5.74) is 43.7. The minimum Gasteiger partial charge on any atom is -0.0622 e. The first-order valence-corrected chi connectivity index (χ1v) is 52.0. The van der Waals surface area contributed by atoms with E-state index >= 15 is 0 Å². The second-order valence-electron chi connectivity index (χ2n) is 39.8. The highest BCUT2D eigenvalue weighted by molar-refractivity contribution is 5.99. The third-order valence-corrected chi connectivity index (χ3v) is 27.8. The van der Waals surface area contributed by atoms with E-state index in [9.17, 15) is 0 Å². The summed E-state index contributed by atoms with van der Waals surface area (Å²) in [7, 11) is 0. The van der Waals surface area contributed by atoms with Crippen LogP contribution in [0.3, 0.4) is 0 Å². The van der Waals surface area contributed by atoms with Gasteiger partial charge < -0.3 is 0 Å². The lowest BCUT2D eigenvalue weighted by atomic mass is 9.93. The Morgan fingerprint density at radius 1 is 0.0959 bits per heavy atom. The van der Waals surface area contributed by atoms with Gasteiger partial charge in [-0.25, -0.2) is 0 Å². The van der Waals surface area contributed by atoms with Gasteiger partial charge in [-0.2, -0.15) is 0 Å². The third-order valence-electron chi connectivity index (χ3n) is 27.8. The molecular weight excluding hydrogens is 1750 g/mol. The number of hydrogen-bond donors (Lipinski definition) is 0. The molecule has 0 N–H and O–H groups in total. The van der Waals surface area contributed by atoms with Gasteiger partial charge in [-0.15, -0.1) is 0 Å². The van der Waals surface area contributed by atoms with Crippen molar-refractivity contribution in [3.63, 3.8) is 0 Å². The summed E-state index contributed by atoms with van der Waals surface area (Å²) in [5, 5.41) is 5.18. The highest BCUT2D eigenvalue weighted by atomic mass is 14.2. The zero-order valence-electron chi connectivity index (χ0n) is 86.4. The minimum absolute atomic E-state index is 0.566. The van der Waals surface area contributed by atoms with Crippen LogP contribution < -0.4 is 0 Å². The molecule has 0 saturated carbocycles. The molecule has 0 nitrogen and oxygen atoms in total. The van der Waals surface area contributed by atoms with Crippen molar-refractivity contribution in [1.29, 1.82) is 0 Å². The highest BCUT2D eigenvalue weighted by Crippen LogP contribution is 2.40. The van der Waals surface area contributed by atoms with Gasteiger partial charge in [-0.3, -0.25) is 0 Å². The molecule has 22 rings (SSSR count). The van der Waals surface area contributed by atoms with Gasteiger partial charge in [-0.1, -0.05) is 611 Å². The van der Waals surface area contributed by atoms with E-state index in [1.807, 2.05) is 0 Å². The summed E-state index contributed by atoms with van der Waals surface area (Å²) in [5.74, 6) is 3.43. The fourth-order valence-electron chi connectivity index (χ4n) is 18.8. The van der Waals surface area contributed by atoms with Gasteiger partial charge in [0.05, 0.1) is 0 Å². The molecule has 22 aromatic rings. The van der Waals surface area contributed by atoms with Crippen molar-refractivity contribution >= 4 is 21.5 Å². The molecule has 0 fully saturated rings. The molecule has 0 aliphatic rings. The predicted molar refractivity (Wildman–Crippen MR) is 634 cm³/mol. The second kappa shape index (κ2) is 49.4. The molecule has 0 saturated heterocycles. The zero-order chi connectivity index (χ0) is 101. The first kappa shape index (κ1) is 101. The van der Waals surface area contributed by atoms with Crippen LogP contribution in [0.25, 0.3) is 177 Å². The first-order chi connectivity index (χ1) is 71.3. The lowest BCUT2D eigenvalue weighted by Crippen LogP contribution is -1.88. The van der Waals surface area contributed by atoms with Crippen molar-refractivity contribution in [1.82, 2.24) is 0 Å². The Labute approximate surface area is 868 Å². The van der Waals surface area contributed by atoms with Crippen molar-refractivity contribution in [3.05, 3.63) is 579 Å². The Balaban J connectivity index is 0.000000120. The van der Waals surface area contributed by atoms with Crippen molar-refractivity contribution in [3.8, 4) is 156 Å². The quantitative estimate of drug-likeness (QED) is 0.0713. The van der Waals surface area contributed by atoms with E-state index in [0.29, 0.717) is 35.5 Å². The van der Waals surface area contributed by atoms with E-state index in [2.05, 4.69) is 629 Å². The van der Waals surface area contributed by atoms with Crippen LogP contribution >= 0.6 is 0 Å². The summed E-state index contributed by atoms with van der Waals surface area (Å²) in [4.78, 5) is 0. The standard InChI is InChI=1S/2C27H24.2C25H22.2C21H20/c1-20(2)21-11-13-23(14-12-21)24-15-17-25(18-16-24)27-10-6-9-26(19-27)22-7-4-3-5-8-22;1-20(2)21-8-10-24(11-9-21)25-16-18-27(19-17-25)26-14-12-23(13-15-26)22-6-4-3-5-7-22;1-18(2)19-13-15-20(16-14-19)22-9-5-10-23(17-22)25-12-6-8-21-7-3-4-11-24(21)25;1-18(2)19-10-12-20(13-11-19)21-14-16-23(17-15-21)25-9-5-7-22-6-3-4-8-24(22)25;1-16(2)17-12-14-19(15-13-17)21-11-7-6-10-20(21)18-8-4-3-5-9-18;1-16(2)17-11-13-19(14-12-17)21-10-6-9-20(15-21)18-7-4-3-5-8-18/h2*3-20H,1-2H3;2*3-18H,1-2H3;2*3-16H,1-2H3. The van der Waals surface area contributed by atoms with E-state index < -0.39 is 0 Å². The molecule has 146 heavy (non-hydrogen) atoms. The van der Waals surface area contributed by atoms with Gasteiger partial charge in [0.2, 0.25) is 0 Å². The predicted octanol–water partition coefficient (Wildman–Crippen LogP) is 42.5. The molecule has 22 aromatic carbocycles. The summed E-state index contributed by atoms with van der Waals surface area (Å²) >= 11 is 0. The molecule has 0 heterocycles. The molecule has 0 aliphatic heterocycles. The molecule has 0 heteroatoms. The van der Waals surface area contributed by atoms with Crippen LogP contribution in [0, 0.1) is 0 Å². The highest BCUT2D eigenvalue weighted by Gasteiger charge is 2.15. The molecule has 0 radical (unpaired) electrons.